The zero-order valence-corrected chi connectivity index (χ0v) is 17.1. The molecule has 8 nitrogen and oxygen atoms in total. The number of benzene rings is 2. The van der Waals surface area contributed by atoms with Crippen LogP contribution < -0.4 is 20.5 Å². The van der Waals surface area contributed by atoms with Gasteiger partial charge in [0.1, 0.15) is 0 Å². The van der Waals surface area contributed by atoms with Gasteiger partial charge in [0, 0.05) is 52.4 Å². The monoisotopic (exact) mass is 428 g/mol. The SMILES string of the molecule is NCCCn1cc(C2=C(c3c[nH]c4ccccc34)C(=O)NC2=O)c2cc3c(cc21)OCO3. The van der Waals surface area contributed by atoms with E-state index in [1.165, 1.54) is 0 Å². The maximum atomic E-state index is 13.0. The molecule has 0 radical (unpaired) electrons. The van der Waals surface area contributed by atoms with Gasteiger partial charge >= 0.3 is 0 Å². The summed E-state index contributed by atoms with van der Waals surface area (Å²) in [6.45, 7) is 1.38. The number of aromatic nitrogens is 2. The lowest BCUT2D eigenvalue weighted by molar-refractivity contribution is -0.122. The van der Waals surface area contributed by atoms with Crippen molar-refractivity contribution in [3.63, 3.8) is 0 Å². The molecule has 8 heteroatoms. The quantitative estimate of drug-likeness (QED) is 0.423. The number of carbonyl (C=O) groups is 2. The number of carbonyl (C=O) groups excluding carboxylic acids is 2. The first-order valence-corrected chi connectivity index (χ1v) is 10.4. The summed E-state index contributed by atoms with van der Waals surface area (Å²) in [6, 6.07) is 11.5. The number of nitrogens with one attached hydrogen (secondary N) is 2. The largest absolute Gasteiger partial charge is 0.454 e. The van der Waals surface area contributed by atoms with Crippen LogP contribution in [0.3, 0.4) is 0 Å². The van der Waals surface area contributed by atoms with E-state index in [0.717, 1.165) is 28.2 Å². The fraction of sp³-hybridized carbons (Fsp3) is 0.167. The average molecular weight is 428 g/mol. The van der Waals surface area contributed by atoms with E-state index in [-0.39, 0.29) is 6.79 Å². The molecule has 0 saturated heterocycles. The summed E-state index contributed by atoms with van der Waals surface area (Å²) >= 11 is 0. The van der Waals surface area contributed by atoms with Crippen LogP contribution in [0.25, 0.3) is 33.0 Å². The lowest BCUT2D eigenvalue weighted by Gasteiger charge is -2.04. The molecule has 4 heterocycles. The van der Waals surface area contributed by atoms with Gasteiger partial charge in [0.2, 0.25) is 6.79 Å². The third kappa shape index (κ3) is 2.66. The molecule has 0 unspecified atom stereocenters. The van der Waals surface area contributed by atoms with Gasteiger partial charge < -0.3 is 24.8 Å². The average Bonchev–Trinajstić information content (AvgIpc) is 3.55. The van der Waals surface area contributed by atoms with E-state index in [0.29, 0.717) is 46.9 Å². The Balaban J connectivity index is 1.64. The smallest absolute Gasteiger partial charge is 0.259 e. The fourth-order valence-electron chi connectivity index (χ4n) is 4.57. The molecule has 2 aromatic heterocycles. The standard InChI is InChI=1S/C24H20N4O4/c25-6-3-7-28-11-16(14-8-19-20(9-18(14)28)32-12-31-19)22-21(23(29)27-24(22)30)15-10-26-17-5-2-1-4-13(15)17/h1-2,4-5,8-11,26H,3,6-7,12,25H2,(H,27,29,30). The first kappa shape index (κ1) is 18.7. The molecule has 0 bridgehead atoms. The second kappa shape index (κ2) is 7.00. The molecule has 2 amide bonds. The van der Waals surface area contributed by atoms with Crippen molar-refractivity contribution in [3.05, 3.63) is 59.9 Å². The van der Waals surface area contributed by atoms with Gasteiger partial charge in [-0.3, -0.25) is 14.9 Å². The Morgan fingerprint density at radius 1 is 0.969 bits per heavy atom. The molecular weight excluding hydrogens is 408 g/mol. The molecule has 32 heavy (non-hydrogen) atoms. The minimum absolute atomic E-state index is 0.155. The summed E-state index contributed by atoms with van der Waals surface area (Å²) < 4.78 is 13.2. The minimum Gasteiger partial charge on any atom is -0.454 e. The van der Waals surface area contributed by atoms with Crippen LogP contribution in [0.5, 0.6) is 11.5 Å². The molecule has 2 aliphatic rings. The summed E-state index contributed by atoms with van der Waals surface area (Å²) in [7, 11) is 0. The van der Waals surface area contributed by atoms with Crippen LogP contribution in [0.4, 0.5) is 0 Å². The van der Waals surface area contributed by atoms with Crippen molar-refractivity contribution in [1.82, 2.24) is 14.9 Å². The van der Waals surface area contributed by atoms with E-state index in [1.54, 1.807) is 6.20 Å². The van der Waals surface area contributed by atoms with Crippen LogP contribution in [-0.4, -0.2) is 34.7 Å². The highest BCUT2D eigenvalue weighted by atomic mass is 16.7. The Labute approximate surface area is 182 Å². The maximum Gasteiger partial charge on any atom is 0.259 e. The zero-order chi connectivity index (χ0) is 21.8. The first-order valence-electron chi connectivity index (χ1n) is 10.4. The summed E-state index contributed by atoms with van der Waals surface area (Å²) in [6.07, 6.45) is 4.47. The molecule has 0 atom stereocenters. The van der Waals surface area contributed by atoms with E-state index in [4.69, 9.17) is 15.2 Å². The Morgan fingerprint density at radius 3 is 2.53 bits per heavy atom. The highest BCUT2D eigenvalue weighted by Crippen LogP contribution is 2.42. The lowest BCUT2D eigenvalue weighted by atomic mass is 9.95. The van der Waals surface area contributed by atoms with Crippen LogP contribution in [0.1, 0.15) is 17.5 Å². The van der Waals surface area contributed by atoms with Gasteiger partial charge in [0.05, 0.1) is 16.7 Å². The number of H-pyrrole nitrogens is 1. The molecule has 4 aromatic rings. The zero-order valence-electron chi connectivity index (χ0n) is 17.1. The van der Waals surface area contributed by atoms with E-state index in [1.807, 2.05) is 42.6 Å². The van der Waals surface area contributed by atoms with Crippen molar-refractivity contribution in [1.29, 1.82) is 0 Å². The molecule has 0 saturated carbocycles. The Kier molecular flexibility index (Phi) is 4.09. The van der Waals surface area contributed by atoms with Crippen molar-refractivity contribution >= 4 is 44.8 Å². The lowest BCUT2D eigenvalue weighted by Crippen LogP contribution is -2.22. The molecule has 2 aromatic carbocycles. The Morgan fingerprint density at radius 2 is 1.72 bits per heavy atom. The fourth-order valence-corrected chi connectivity index (χ4v) is 4.57. The molecule has 160 valence electrons. The normalized spacial score (nSPS) is 15.4. The van der Waals surface area contributed by atoms with Gasteiger partial charge in [0.15, 0.2) is 11.5 Å². The van der Waals surface area contributed by atoms with E-state index >= 15 is 0 Å². The number of para-hydroxylation sites is 1. The van der Waals surface area contributed by atoms with Crippen LogP contribution >= 0.6 is 0 Å². The van der Waals surface area contributed by atoms with Crippen LogP contribution in [0.2, 0.25) is 0 Å². The summed E-state index contributed by atoms with van der Waals surface area (Å²) in [5.41, 5.74) is 9.63. The van der Waals surface area contributed by atoms with Gasteiger partial charge in [-0.15, -0.1) is 0 Å². The maximum absolute atomic E-state index is 13.0. The summed E-state index contributed by atoms with van der Waals surface area (Å²) in [5.74, 6) is 0.465. The Hall–Kier alpha value is -4.04. The van der Waals surface area contributed by atoms with Gasteiger partial charge in [-0.2, -0.15) is 0 Å². The molecule has 2 aliphatic heterocycles. The summed E-state index contributed by atoms with van der Waals surface area (Å²) in [4.78, 5) is 29.2. The number of hydrogen-bond donors (Lipinski definition) is 3. The topological polar surface area (TPSA) is 111 Å². The highest BCUT2D eigenvalue weighted by Gasteiger charge is 2.35. The number of nitrogens with zero attached hydrogens (tertiary/aromatic N) is 1. The number of imide groups is 1. The number of hydrogen-bond acceptors (Lipinski definition) is 5. The highest BCUT2D eigenvalue weighted by molar-refractivity contribution is 6.50. The molecule has 0 spiro atoms. The van der Waals surface area contributed by atoms with E-state index in [9.17, 15) is 9.59 Å². The van der Waals surface area contributed by atoms with E-state index in [2.05, 4.69) is 14.9 Å². The van der Waals surface area contributed by atoms with E-state index < -0.39 is 11.8 Å². The van der Waals surface area contributed by atoms with Crippen molar-refractivity contribution in [2.45, 2.75) is 13.0 Å². The third-order valence-corrected chi connectivity index (χ3v) is 6.04. The number of aromatic amines is 1. The number of aryl methyl sites for hydroxylation is 1. The Bertz CT molecular complexity index is 1460. The molecule has 0 fully saturated rings. The van der Waals surface area contributed by atoms with Gasteiger partial charge in [-0.05, 0) is 25.1 Å². The second-order valence-corrected chi connectivity index (χ2v) is 7.88. The summed E-state index contributed by atoms with van der Waals surface area (Å²) in [5, 5.41) is 4.19. The number of ether oxygens (including phenoxy) is 2. The van der Waals surface area contributed by atoms with Gasteiger partial charge in [-0.25, -0.2) is 0 Å². The van der Waals surface area contributed by atoms with Crippen LogP contribution in [-0.2, 0) is 16.1 Å². The molecule has 4 N–H and O–H groups in total. The predicted molar refractivity (Wildman–Crippen MR) is 120 cm³/mol. The predicted octanol–water partition coefficient (Wildman–Crippen LogP) is 2.77. The molecular formula is C24H20N4O4. The molecule has 6 rings (SSSR count). The minimum atomic E-state index is -0.411. The van der Waals surface area contributed by atoms with Gasteiger partial charge in [0.25, 0.3) is 11.8 Å². The van der Waals surface area contributed by atoms with Crippen LogP contribution in [0.15, 0.2) is 48.8 Å². The van der Waals surface area contributed by atoms with Crippen molar-refractivity contribution < 1.29 is 19.1 Å². The molecule has 0 aliphatic carbocycles. The van der Waals surface area contributed by atoms with Crippen molar-refractivity contribution in [3.8, 4) is 11.5 Å². The van der Waals surface area contributed by atoms with Crippen molar-refractivity contribution in [2.75, 3.05) is 13.3 Å². The number of amides is 2. The van der Waals surface area contributed by atoms with Crippen LogP contribution in [0, 0.1) is 0 Å². The van der Waals surface area contributed by atoms with Gasteiger partial charge in [-0.1, -0.05) is 18.2 Å². The number of fused-ring (bicyclic) bond motifs is 3. The third-order valence-electron chi connectivity index (χ3n) is 6.04. The van der Waals surface area contributed by atoms with Crippen molar-refractivity contribution in [2.24, 2.45) is 5.73 Å². The first-order chi connectivity index (χ1) is 15.7. The number of rotatable bonds is 5. The second-order valence-electron chi connectivity index (χ2n) is 7.88. The number of nitrogens with two attached hydrogens (primary N) is 1.